The molecule has 1 nitrogen and oxygen atoms in total. The third-order valence-corrected chi connectivity index (χ3v) is 2.07. The molecule has 0 aliphatic heterocycles. The summed E-state index contributed by atoms with van der Waals surface area (Å²) in [6.07, 6.45) is -4.64. The zero-order chi connectivity index (χ0) is 10.2. The predicted octanol–water partition coefficient (Wildman–Crippen LogP) is 2.63. The van der Waals surface area contributed by atoms with Crippen LogP contribution >= 0.6 is 11.6 Å². The van der Waals surface area contributed by atoms with Crippen molar-refractivity contribution in [1.29, 1.82) is 0 Å². The number of hydrogen-bond donors (Lipinski definition) is 1. The zero-order valence-corrected chi connectivity index (χ0v) is 7.08. The lowest BCUT2D eigenvalue weighted by Crippen LogP contribution is -2.23. The summed E-state index contributed by atoms with van der Waals surface area (Å²) >= 11 is 5.40. The molecule has 0 heterocycles. The van der Waals surface area contributed by atoms with E-state index in [1.165, 1.54) is 0 Å². The van der Waals surface area contributed by atoms with E-state index in [4.69, 9.17) is 17.3 Å². The zero-order valence-electron chi connectivity index (χ0n) is 6.33. The fourth-order valence-electron chi connectivity index (χ4n) is 0.945. The first-order valence-corrected chi connectivity index (χ1v) is 3.83. The Bertz CT molecular complexity index is 279. The summed E-state index contributed by atoms with van der Waals surface area (Å²) in [5, 5.41) is -1.11. The summed E-state index contributed by atoms with van der Waals surface area (Å²) in [6.45, 7) is 0. The molecule has 1 atom stereocenters. The van der Waals surface area contributed by atoms with E-state index in [1.54, 1.807) is 0 Å². The minimum absolute atomic E-state index is 0.338. The van der Waals surface area contributed by atoms with Crippen molar-refractivity contribution in [3.8, 4) is 0 Å². The van der Waals surface area contributed by atoms with Gasteiger partial charge in [0.05, 0.1) is 11.1 Å². The van der Waals surface area contributed by atoms with Crippen molar-refractivity contribution in [2.24, 2.45) is 5.73 Å². The molecule has 1 aliphatic carbocycles. The number of nitrogens with two attached hydrogens (primary N) is 1. The summed E-state index contributed by atoms with van der Waals surface area (Å²) in [7, 11) is 0. The Morgan fingerprint density at radius 3 is 2.38 bits per heavy atom. The summed E-state index contributed by atoms with van der Waals surface area (Å²) in [4.78, 5) is 0. The maximum absolute atomic E-state index is 12.7. The molecule has 0 saturated carbocycles. The molecule has 0 saturated heterocycles. The second-order valence-corrected chi connectivity index (χ2v) is 3.17. The highest BCUT2D eigenvalue weighted by atomic mass is 35.5. The van der Waals surface area contributed by atoms with E-state index in [2.05, 4.69) is 0 Å². The van der Waals surface area contributed by atoms with Gasteiger partial charge in [0.15, 0.2) is 0 Å². The van der Waals surface area contributed by atoms with Crippen LogP contribution in [-0.2, 0) is 0 Å². The molecule has 0 spiro atoms. The van der Waals surface area contributed by atoms with Gasteiger partial charge in [-0.1, -0.05) is 0 Å². The number of allylic oxidation sites excluding steroid dienone is 4. The third-order valence-electron chi connectivity index (χ3n) is 1.68. The molecule has 2 N–H and O–H groups in total. The molecular weight excluding hydrogens is 210 g/mol. The number of alkyl halides is 4. The SMILES string of the molecule is NC1=C(F)C=C(C(F)(F)F)C[C@@H]1Cl. The minimum atomic E-state index is -4.54. The van der Waals surface area contributed by atoms with Crippen LogP contribution in [0.25, 0.3) is 0 Å². The Hall–Kier alpha value is -0.710. The van der Waals surface area contributed by atoms with Gasteiger partial charge in [-0.2, -0.15) is 13.2 Å². The van der Waals surface area contributed by atoms with Gasteiger partial charge in [-0.05, 0) is 12.5 Å². The summed E-state index contributed by atoms with van der Waals surface area (Å²) in [5.41, 5.74) is 3.76. The van der Waals surface area contributed by atoms with Crippen LogP contribution in [0.5, 0.6) is 0 Å². The fourth-order valence-corrected chi connectivity index (χ4v) is 1.22. The van der Waals surface area contributed by atoms with Gasteiger partial charge in [0.2, 0.25) is 0 Å². The van der Waals surface area contributed by atoms with E-state index < -0.39 is 29.4 Å². The number of halogens is 5. The summed E-state index contributed by atoms with van der Waals surface area (Å²) in [5.74, 6) is -1.10. The van der Waals surface area contributed by atoms with Crippen molar-refractivity contribution < 1.29 is 17.6 Å². The first-order chi connectivity index (χ1) is 5.82. The normalized spacial score (nSPS) is 24.7. The van der Waals surface area contributed by atoms with Crippen molar-refractivity contribution in [2.75, 3.05) is 0 Å². The average Bonchev–Trinajstić information content (AvgIpc) is 1.97. The van der Waals surface area contributed by atoms with E-state index in [1.807, 2.05) is 0 Å². The van der Waals surface area contributed by atoms with Crippen LogP contribution in [0.4, 0.5) is 17.6 Å². The molecule has 0 radical (unpaired) electrons. The van der Waals surface area contributed by atoms with Crippen molar-refractivity contribution in [1.82, 2.24) is 0 Å². The van der Waals surface area contributed by atoms with Crippen LogP contribution < -0.4 is 5.73 Å². The highest BCUT2D eigenvalue weighted by Crippen LogP contribution is 2.36. The fraction of sp³-hybridized carbons (Fsp3) is 0.429. The summed E-state index contributed by atoms with van der Waals surface area (Å²) < 4.78 is 48.9. The molecule has 0 fully saturated rings. The Balaban J connectivity index is 3.00. The van der Waals surface area contributed by atoms with E-state index in [9.17, 15) is 17.6 Å². The molecule has 6 heteroatoms. The Morgan fingerprint density at radius 1 is 1.46 bits per heavy atom. The van der Waals surface area contributed by atoms with Gasteiger partial charge >= 0.3 is 6.18 Å². The monoisotopic (exact) mass is 215 g/mol. The Kier molecular flexibility index (Phi) is 2.56. The molecule has 0 aromatic rings. The van der Waals surface area contributed by atoms with Crippen LogP contribution in [0, 0.1) is 0 Å². The Labute approximate surface area is 76.8 Å². The number of hydrogen-bond acceptors (Lipinski definition) is 1. The quantitative estimate of drug-likeness (QED) is 0.488. The van der Waals surface area contributed by atoms with Gasteiger partial charge in [-0.25, -0.2) is 4.39 Å². The summed E-state index contributed by atoms with van der Waals surface area (Å²) in [6, 6.07) is 0. The molecule has 0 amide bonds. The maximum atomic E-state index is 12.7. The van der Waals surface area contributed by atoms with Crippen LogP contribution in [0.3, 0.4) is 0 Å². The van der Waals surface area contributed by atoms with Crippen LogP contribution in [0.2, 0.25) is 0 Å². The lowest BCUT2D eigenvalue weighted by molar-refractivity contribution is -0.0942. The first kappa shape index (κ1) is 10.4. The molecule has 13 heavy (non-hydrogen) atoms. The van der Waals surface area contributed by atoms with Gasteiger partial charge in [-0.3, -0.25) is 0 Å². The second-order valence-electron chi connectivity index (χ2n) is 2.64. The van der Waals surface area contributed by atoms with Crippen LogP contribution in [-0.4, -0.2) is 11.6 Å². The molecule has 1 aliphatic rings. The standard InChI is InChI=1S/C7H6ClF4N/c8-4-1-3(7(10,11)12)2-5(9)6(4)13/h2,4H,1,13H2/t4-/m0/s1. The second kappa shape index (κ2) is 3.21. The maximum Gasteiger partial charge on any atom is 0.412 e. The van der Waals surface area contributed by atoms with E-state index >= 15 is 0 Å². The van der Waals surface area contributed by atoms with Gasteiger partial charge in [0.1, 0.15) is 5.83 Å². The molecule has 0 aromatic heterocycles. The van der Waals surface area contributed by atoms with Gasteiger partial charge in [-0.15, -0.1) is 11.6 Å². The highest BCUT2D eigenvalue weighted by Gasteiger charge is 2.37. The Morgan fingerprint density at radius 2 is 2.00 bits per heavy atom. The smallest absolute Gasteiger partial charge is 0.398 e. The van der Waals surface area contributed by atoms with Crippen LogP contribution in [0.1, 0.15) is 6.42 Å². The lowest BCUT2D eigenvalue weighted by Gasteiger charge is -2.19. The van der Waals surface area contributed by atoms with Gasteiger partial charge in [0, 0.05) is 5.57 Å². The van der Waals surface area contributed by atoms with Gasteiger partial charge in [0.25, 0.3) is 0 Å². The molecule has 1 rings (SSSR count). The topological polar surface area (TPSA) is 26.0 Å². The van der Waals surface area contributed by atoms with Crippen molar-refractivity contribution >= 4 is 11.6 Å². The average molecular weight is 216 g/mol. The van der Waals surface area contributed by atoms with Crippen molar-refractivity contribution in [3.05, 3.63) is 23.2 Å². The largest absolute Gasteiger partial charge is 0.412 e. The lowest BCUT2D eigenvalue weighted by atomic mass is 10.0. The van der Waals surface area contributed by atoms with Crippen LogP contribution in [0.15, 0.2) is 23.2 Å². The highest BCUT2D eigenvalue weighted by molar-refractivity contribution is 6.22. The van der Waals surface area contributed by atoms with E-state index in [0.717, 1.165) is 0 Å². The van der Waals surface area contributed by atoms with E-state index in [0.29, 0.717) is 6.08 Å². The predicted molar refractivity (Wildman–Crippen MR) is 40.7 cm³/mol. The third kappa shape index (κ3) is 2.15. The van der Waals surface area contributed by atoms with Crippen molar-refractivity contribution in [3.63, 3.8) is 0 Å². The molecular formula is C7H6ClF4N. The number of rotatable bonds is 0. The minimum Gasteiger partial charge on any atom is -0.398 e. The first-order valence-electron chi connectivity index (χ1n) is 3.39. The van der Waals surface area contributed by atoms with E-state index in [-0.39, 0.29) is 5.70 Å². The molecule has 0 aromatic carbocycles. The molecule has 0 bridgehead atoms. The van der Waals surface area contributed by atoms with Gasteiger partial charge < -0.3 is 5.73 Å². The van der Waals surface area contributed by atoms with Crippen molar-refractivity contribution in [2.45, 2.75) is 18.0 Å². The molecule has 0 unspecified atom stereocenters. The molecule has 74 valence electrons.